The Labute approximate surface area is 190 Å². The van der Waals surface area contributed by atoms with Crippen LogP contribution in [-0.4, -0.2) is 50.6 Å². The van der Waals surface area contributed by atoms with Crippen LogP contribution in [0.15, 0.2) is 24.4 Å². The van der Waals surface area contributed by atoms with Gasteiger partial charge in [0, 0.05) is 28.3 Å². The summed E-state index contributed by atoms with van der Waals surface area (Å²) in [6.45, 7) is 3.57. The van der Waals surface area contributed by atoms with Crippen molar-refractivity contribution in [2.24, 2.45) is 0 Å². The third-order valence-electron chi connectivity index (χ3n) is 3.89. The van der Waals surface area contributed by atoms with E-state index in [2.05, 4.69) is 43.0 Å². The third-order valence-corrected chi connectivity index (χ3v) is 5.69. The van der Waals surface area contributed by atoms with E-state index in [-0.39, 0.29) is 11.8 Å². The molecule has 11 heteroatoms. The van der Waals surface area contributed by atoms with Gasteiger partial charge in [0.1, 0.15) is 10.7 Å². The molecule has 2 aromatic heterocycles. The molecule has 0 saturated carbocycles. The predicted molar refractivity (Wildman–Crippen MR) is 120 cm³/mol. The molecule has 0 bridgehead atoms. The van der Waals surface area contributed by atoms with Gasteiger partial charge < -0.3 is 10.2 Å². The maximum Gasteiger partial charge on any atom is 0.265 e. The van der Waals surface area contributed by atoms with Gasteiger partial charge in [-0.3, -0.25) is 9.59 Å². The highest BCUT2D eigenvalue weighted by Crippen LogP contribution is 2.23. The Bertz CT molecular complexity index is 1060. The van der Waals surface area contributed by atoms with Crippen LogP contribution in [0.2, 0.25) is 5.02 Å². The van der Waals surface area contributed by atoms with E-state index < -0.39 is 6.04 Å². The monoisotopic (exact) mass is 544 g/mol. The molecule has 0 aliphatic heterocycles. The number of carbonyl (C=O) groups excluding carboxylic acids is 2. The molecule has 3 aromatic rings. The first kappa shape index (κ1) is 21.7. The molecule has 0 spiro atoms. The fourth-order valence-corrected chi connectivity index (χ4v) is 4.55. The quantitative estimate of drug-likeness (QED) is 0.497. The van der Waals surface area contributed by atoms with Crippen LogP contribution in [0, 0.1) is 10.5 Å². The maximum atomic E-state index is 12.7. The van der Waals surface area contributed by atoms with Gasteiger partial charge in [-0.25, -0.2) is 9.97 Å². The number of benzene rings is 1. The third kappa shape index (κ3) is 4.93. The molecule has 0 radical (unpaired) electrons. The standard InChI is InChI=1S/C18H18ClIN6O2S/c1-9(22-16(27)11-5-12(19)7-13(20)6-11)15-23-10(2)24-26(15)18-21-8-14(29-18)17(28)25(3)4/h5-9H,1-4H3,(H,22,27)/t9-/m0/s1. The van der Waals surface area contributed by atoms with Crippen LogP contribution in [0.4, 0.5) is 0 Å². The maximum absolute atomic E-state index is 12.7. The zero-order chi connectivity index (χ0) is 21.3. The number of carbonyl (C=O) groups is 2. The molecule has 0 unspecified atom stereocenters. The van der Waals surface area contributed by atoms with Gasteiger partial charge in [0.2, 0.25) is 5.13 Å². The predicted octanol–water partition coefficient (Wildman–Crippen LogP) is 3.48. The second-order valence-electron chi connectivity index (χ2n) is 6.49. The molecule has 0 aliphatic rings. The summed E-state index contributed by atoms with van der Waals surface area (Å²) in [7, 11) is 3.36. The normalized spacial score (nSPS) is 11.9. The van der Waals surface area contributed by atoms with E-state index in [0.717, 1.165) is 3.57 Å². The van der Waals surface area contributed by atoms with Crippen LogP contribution in [0.3, 0.4) is 0 Å². The number of thiazole rings is 1. The van der Waals surface area contributed by atoms with Crippen molar-refractivity contribution in [1.82, 2.24) is 30.0 Å². The molecular formula is C18H18ClIN6O2S. The minimum atomic E-state index is -0.447. The second kappa shape index (κ2) is 8.76. The average Bonchev–Trinajstić information content (AvgIpc) is 3.26. The highest BCUT2D eigenvalue weighted by Gasteiger charge is 2.22. The van der Waals surface area contributed by atoms with E-state index in [4.69, 9.17) is 11.6 Å². The van der Waals surface area contributed by atoms with Crippen LogP contribution in [0.1, 0.15) is 44.6 Å². The Kier molecular flexibility index (Phi) is 6.54. The van der Waals surface area contributed by atoms with E-state index in [0.29, 0.717) is 32.2 Å². The number of hydrogen-bond donors (Lipinski definition) is 1. The van der Waals surface area contributed by atoms with Gasteiger partial charge in [-0.2, -0.15) is 4.68 Å². The first-order valence-corrected chi connectivity index (χ1v) is 10.8. The van der Waals surface area contributed by atoms with Crippen molar-refractivity contribution in [2.45, 2.75) is 19.9 Å². The molecule has 29 heavy (non-hydrogen) atoms. The number of rotatable bonds is 5. The molecule has 8 nitrogen and oxygen atoms in total. The van der Waals surface area contributed by atoms with Crippen molar-refractivity contribution >= 4 is 57.3 Å². The summed E-state index contributed by atoms with van der Waals surface area (Å²) in [5.74, 6) is 0.650. The fourth-order valence-electron chi connectivity index (χ4n) is 2.56. The molecule has 3 rings (SSSR count). The largest absolute Gasteiger partial charge is 0.344 e. The van der Waals surface area contributed by atoms with Crippen molar-refractivity contribution in [1.29, 1.82) is 0 Å². The van der Waals surface area contributed by atoms with E-state index in [9.17, 15) is 9.59 Å². The van der Waals surface area contributed by atoms with Crippen LogP contribution in [0.25, 0.3) is 5.13 Å². The zero-order valence-electron chi connectivity index (χ0n) is 16.1. The van der Waals surface area contributed by atoms with Crippen molar-refractivity contribution in [3.05, 3.63) is 55.1 Å². The van der Waals surface area contributed by atoms with Gasteiger partial charge >= 0.3 is 0 Å². The molecule has 0 aliphatic carbocycles. The Morgan fingerprint density at radius 2 is 2.03 bits per heavy atom. The molecule has 2 amide bonds. The molecule has 0 fully saturated rings. The number of nitrogens with zero attached hydrogens (tertiary/aromatic N) is 5. The average molecular weight is 545 g/mol. The van der Waals surface area contributed by atoms with E-state index in [1.807, 2.05) is 6.92 Å². The number of aryl methyl sites for hydroxylation is 1. The second-order valence-corrected chi connectivity index (χ2v) is 9.18. The summed E-state index contributed by atoms with van der Waals surface area (Å²) in [6.07, 6.45) is 1.51. The van der Waals surface area contributed by atoms with E-state index in [1.54, 1.807) is 43.9 Å². The Morgan fingerprint density at radius 1 is 1.31 bits per heavy atom. The van der Waals surface area contributed by atoms with Crippen LogP contribution < -0.4 is 5.32 Å². The lowest BCUT2D eigenvalue weighted by Gasteiger charge is -2.14. The van der Waals surface area contributed by atoms with Crippen molar-refractivity contribution in [3.8, 4) is 5.13 Å². The smallest absolute Gasteiger partial charge is 0.265 e. The molecule has 152 valence electrons. The number of amides is 2. The number of nitrogens with one attached hydrogen (secondary N) is 1. The lowest BCUT2D eigenvalue weighted by atomic mass is 10.2. The summed E-state index contributed by atoms with van der Waals surface area (Å²) >= 11 is 9.38. The fraction of sp³-hybridized carbons (Fsp3) is 0.278. The Hall–Kier alpha value is -2.05. The van der Waals surface area contributed by atoms with Crippen molar-refractivity contribution in [3.63, 3.8) is 0 Å². The number of halogens is 2. The van der Waals surface area contributed by atoms with Crippen LogP contribution in [0.5, 0.6) is 0 Å². The molecule has 2 heterocycles. The summed E-state index contributed by atoms with van der Waals surface area (Å²) in [5, 5.41) is 8.30. The van der Waals surface area contributed by atoms with E-state index >= 15 is 0 Å². The van der Waals surface area contributed by atoms with Crippen LogP contribution >= 0.6 is 45.5 Å². The van der Waals surface area contributed by atoms with E-state index in [1.165, 1.54) is 22.4 Å². The summed E-state index contributed by atoms with van der Waals surface area (Å²) in [6, 6.07) is 4.70. The molecule has 0 saturated heterocycles. The molecule has 1 atom stereocenters. The molecule has 1 N–H and O–H groups in total. The first-order chi connectivity index (χ1) is 13.7. The number of hydrogen-bond acceptors (Lipinski definition) is 6. The van der Waals surface area contributed by atoms with Gasteiger partial charge in [-0.15, -0.1) is 5.10 Å². The summed E-state index contributed by atoms with van der Waals surface area (Å²) < 4.78 is 2.42. The lowest BCUT2D eigenvalue weighted by Crippen LogP contribution is -2.28. The van der Waals surface area contributed by atoms with Crippen molar-refractivity contribution < 1.29 is 9.59 Å². The highest BCUT2D eigenvalue weighted by molar-refractivity contribution is 14.1. The highest BCUT2D eigenvalue weighted by atomic mass is 127. The minimum absolute atomic E-state index is 0.135. The molecule has 1 aromatic carbocycles. The number of aromatic nitrogens is 4. The zero-order valence-corrected chi connectivity index (χ0v) is 19.8. The first-order valence-electron chi connectivity index (χ1n) is 8.54. The summed E-state index contributed by atoms with van der Waals surface area (Å²) in [5.41, 5.74) is 0.463. The van der Waals surface area contributed by atoms with Gasteiger partial charge in [0.15, 0.2) is 5.82 Å². The Balaban J connectivity index is 1.86. The summed E-state index contributed by atoms with van der Waals surface area (Å²) in [4.78, 5) is 35.5. The minimum Gasteiger partial charge on any atom is -0.344 e. The van der Waals surface area contributed by atoms with Gasteiger partial charge in [0.05, 0.1) is 12.2 Å². The van der Waals surface area contributed by atoms with Crippen LogP contribution in [-0.2, 0) is 0 Å². The topological polar surface area (TPSA) is 93.0 Å². The lowest BCUT2D eigenvalue weighted by molar-refractivity contribution is 0.0831. The van der Waals surface area contributed by atoms with Gasteiger partial charge in [-0.05, 0) is 54.6 Å². The molecular weight excluding hydrogens is 527 g/mol. The Morgan fingerprint density at radius 3 is 2.69 bits per heavy atom. The van der Waals surface area contributed by atoms with Gasteiger partial charge in [0.25, 0.3) is 11.8 Å². The van der Waals surface area contributed by atoms with Gasteiger partial charge in [-0.1, -0.05) is 22.9 Å². The van der Waals surface area contributed by atoms with Crippen molar-refractivity contribution in [2.75, 3.05) is 14.1 Å². The SMILES string of the molecule is Cc1nc([C@H](C)NC(=O)c2cc(Cl)cc(I)c2)n(-c2ncc(C(=O)N(C)C)s2)n1.